The highest BCUT2D eigenvalue weighted by Crippen LogP contribution is 2.37. The Morgan fingerprint density at radius 1 is 1.07 bits per heavy atom. The Balaban J connectivity index is 1.50. The second-order valence-electron chi connectivity index (χ2n) is 11.0. The number of carbonyl (C=O) groups excluding carboxylic acids is 1. The largest absolute Gasteiger partial charge is 0.476 e. The van der Waals surface area contributed by atoms with E-state index in [9.17, 15) is 14.7 Å². The number of amides is 1. The third-order valence-electron chi connectivity index (χ3n) is 6.84. The number of aromatic carboxylic acids is 1. The van der Waals surface area contributed by atoms with Crippen molar-refractivity contribution in [3.63, 3.8) is 0 Å². The molecule has 0 bridgehead atoms. The van der Waals surface area contributed by atoms with E-state index in [0.717, 1.165) is 22.2 Å². The van der Waals surface area contributed by atoms with Gasteiger partial charge in [0.05, 0.1) is 16.6 Å². The summed E-state index contributed by atoms with van der Waals surface area (Å²) in [7, 11) is 3.36. The van der Waals surface area contributed by atoms with E-state index >= 15 is 0 Å². The van der Waals surface area contributed by atoms with Crippen molar-refractivity contribution in [2.75, 3.05) is 45.0 Å². The number of aromatic nitrogens is 4. The molecule has 0 spiro atoms. The fourth-order valence-electron chi connectivity index (χ4n) is 4.97. The molecule has 5 rings (SSSR count). The molecule has 0 atom stereocenters. The zero-order chi connectivity index (χ0) is 29.5. The van der Waals surface area contributed by atoms with Gasteiger partial charge in [-0.15, -0.1) is 0 Å². The Bertz CT molecular complexity index is 1630. The van der Waals surface area contributed by atoms with E-state index in [4.69, 9.17) is 19.2 Å². The number of nitrogens with zero attached hydrogens (tertiary/aromatic N) is 6. The van der Waals surface area contributed by atoms with Gasteiger partial charge in [0.1, 0.15) is 11.4 Å². The molecule has 1 fully saturated rings. The summed E-state index contributed by atoms with van der Waals surface area (Å²) in [4.78, 5) is 37.9. The number of hydrogen-bond acceptors (Lipinski definition) is 9. The van der Waals surface area contributed by atoms with Crippen LogP contribution in [0.5, 0.6) is 5.75 Å². The molecule has 0 radical (unpaired) electrons. The van der Waals surface area contributed by atoms with E-state index in [2.05, 4.69) is 15.0 Å². The molecule has 1 N–H and O–H groups in total. The van der Waals surface area contributed by atoms with Crippen molar-refractivity contribution < 1.29 is 28.9 Å². The number of carboxylic acid groups (broad SMARTS) is 1. The van der Waals surface area contributed by atoms with Crippen molar-refractivity contribution >= 4 is 39.6 Å². The number of aryl methyl sites for hydroxylation is 2. The van der Waals surface area contributed by atoms with Crippen LogP contribution in [0.1, 0.15) is 36.8 Å². The minimum absolute atomic E-state index is 0.00387. The maximum Gasteiger partial charge on any atom is 0.410 e. The molecule has 41 heavy (non-hydrogen) atoms. The highest BCUT2D eigenvalue weighted by molar-refractivity contribution is 6.03. The van der Waals surface area contributed by atoms with Gasteiger partial charge in [-0.3, -0.25) is 4.68 Å². The van der Waals surface area contributed by atoms with Gasteiger partial charge in [0, 0.05) is 68.6 Å². The molecule has 12 nitrogen and oxygen atoms in total. The fraction of sp³-hybridized carbons (Fsp3) is 0.414. The van der Waals surface area contributed by atoms with Gasteiger partial charge in [-0.1, -0.05) is 0 Å². The van der Waals surface area contributed by atoms with E-state index in [-0.39, 0.29) is 24.4 Å². The Hall–Kier alpha value is -4.45. The molecular formula is C29H34N6O6. The topological polar surface area (TPSA) is 132 Å². The molecule has 2 aromatic carbocycles. The number of anilines is 1. The minimum Gasteiger partial charge on any atom is -0.476 e. The lowest BCUT2D eigenvalue weighted by molar-refractivity contribution is 0.0240. The number of benzene rings is 2. The molecule has 0 saturated carbocycles. The first-order valence-corrected chi connectivity index (χ1v) is 13.3. The number of ether oxygens (including phenoxy) is 3. The Morgan fingerprint density at radius 2 is 1.80 bits per heavy atom. The van der Waals surface area contributed by atoms with Crippen molar-refractivity contribution in [1.82, 2.24) is 24.6 Å². The minimum atomic E-state index is -1.16. The van der Waals surface area contributed by atoms with Gasteiger partial charge < -0.3 is 29.1 Å². The monoisotopic (exact) mass is 562 g/mol. The first-order chi connectivity index (χ1) is 19.4. The zero-order valence-electron chi connectivity index (χ0n) is 24.1. The van der Waals surface area contributed by atoms with Crippen LogP contribution >= 0.6 is 0 Å². The van der Waals surface area contributed by atoms with Gasteiger partial charge in [-0.05, 0) is 52.0 Å². The molecule has 2 aromatic heterocycles. The standard InChI is InChI=1S/C29H34N6O6/c1-17-23-18(15-33(5)32-23)13-21(25(17)40-16-39-6)26-30-22-8-7-19(14-20(22)24(31-26)27(36)37)34-9-11-35(12-10-34)28(38)41-29(2,3)4/h7-8,13-15H,9-12,16H2,1-6H3,(H,36,37). The van der Waals surface area contributed by atoms with Crippen LogP contribution in [0.15, 0.2) is 30.5 Å². The van der Waals surface area contributed by atoms with Crippen LogP contribution < -0.4 is 9.64 Å². The third-order valence-corrected chi connectivity index (χ3v) is 6.84. The molecule has 1 saturated heterocycles. The first kappa shape index (κ1) is 28.1. The molecule has 1 aliphatic rings. The molecule has 216 valence electrons. The number of fused-ring (bicyclic) bond motifs is 2. The lowest BCUT2D eigenvalue weighted by atomic mass is 10.0. The summed E-state index contributed by atoms with van der Waals surface area (Å²) in [6, 6.07) is 7.36. The van der Waals surface area contributed by atoms with Gasteiger partial charge in [0.15, 0.2) is 18.3 Å². The zero-order valence-corrected chi connectivity index (χ0v) is 24.1. The van der Waals surface area contributed by atoms with E-state index in [1.807, 2.05) is 53.1 Å². The van der Waals surface area contributed by atoms with Crippen molar-refractivity contribution in [1.29, 1.82) is 0 Å². The van der Waals surface area contributed by atoms with Gasteiger partial charge in [0.2, 0.25) is 0 Å². The number of hydrogen-bond donors (Lipinski definition) is 1. The lowest BCUT2D eigenvalue weighted by Gasteiger charge is -2.36. The average Bonchev–Trinajstić information content (AvgIpc) is 3.31. The van der Waals surface area contributed by atoms with Crippen LogP contribution in [-0.2, 0) is 16.5 Å². The highest BCUT2D eigenvalue weighted by Gasteiger charge is 2.27. The maximum absolute atomic E-state index is 12.5. The second-order valence-corrected chi connectivity index (χ2v) is 11.0. The number of carbonyl (C=O) groups is 2. The molecule has 0 aliphatic carbocycles. The lowest BCUT2D eigenvalue weighted by Crippen LogP contribution is -2.50. The molecule has 12 heteroatoms. The van der Waals surface area contributed by atoms with Gasteiger partial charge in [-0.2, -0.15) is 5.10 Å². The van der Waals surface area contributed by atoms with E-state index in [1.165, 1.54) is 7.11 Å². The summed E-state index contributed by atoms with van der Waals surface area (Å²) in [5, 5.41) is 16.0. The van der Waals surface area contributed by atoms with Crippen molar-refractivity contribution in [3.8, 4) is 17.1 Å². The predicted molar refractivity (Wildman–Crippen MR) is 153 cm³/mol. The normalized spacial score (nSPS) is 14.1. The van der Waals surface area contributed by atoms with E-state index in [0.29, 0.717) is 48.4 Å². The van der Waals surface area contributed by atoms with Gasteiger partial charge >= 0.3 is 12.1 Å². The van der Waals surface area contributed by atoms with Crippen LogP contribution in [-0.4, -0.2) is 87.5 Å². The molecule has 4 aromatic rings. The quantitative estimate of drug-likeness (QED) is 0.341. The fourth-order valence-corrected chi connectivity index (χ4v) is 4.97. The second kappa shape index (κ2) is 10.8. The Kier molecular flexibility index (Phi) is 7.43. The van der Waals surface area contributed by atoms with E-state index < -0.39 is 11.6 Å². The van der Waals surface area contributed by atoms with Crippen LogP contribution in [0.3, 0.4) is 0 Å². The number of carboxylic acids is 1. The van der Waals surface area contributed by atoms with Gasteiger partial charge in [0.25, 0.3) is 0 Å². The third kappa shape index (κ3) is 5.73. The molecular weight excluding hydrogens is 528 g/mol. The Morgan fingerprint density at radius 3 is 2.46 bits per heavy atom. The summed E-state index contributed by atoms with van der Waals surface area (Å²) >= 11 is 0. The summed E-state index contributed by atoms with van der Waals surface area (Å²) in [5.41, 5.74) is 2.74. The number of rotatable bonds is 6. The van der Waals surface area contributed by atoms with Crippen molar-refractivity contribution in [2.24, 2.45) is 7.05 Å². The first-order valence-electron chi connectivity index (χ1n) is 13.3. The summed E-state index contributed by atoms with van der Waals surface area (Å²) < 4.78 is 18.2. The Labute approximate surface area is 237 Å². The van der Waals surface area contributed by atoms with Crippen LogP contribution in [0.4, 0.5) is 10.5 Å². The van der Waals surface area contributed by atoms with Crippen LogP contribution in [0, 0.1) is 6.92 Å². The molecule has 1 aliphatic heterocycles. The smallest absolute Gasteiger partial charge is 0.410 e. The summed E-state index contributed by atoms with van der Waals surface area (Å²) in [6.45, 7) is 9.56. The summed E-state index contributed by atoms with van der Waals surface area (Å²) in [6.07, 6.45) is 1.54. The molecule has 3 heterocycles. The molecule has 1 amide bonds. The van der Waals surface area contributed by atoms with E-state index in [1.54, 1.807) is 21.7 Å². The summed E-state index contributed by atoms with van der Waals surface area (Å²) in [5.74, 6) is -0.453. The van der Waals surface area contributed by atoms with Crippen LogP contribution in [0.2, 0.25) is 0 Å². The maximum atomic E-state index is 12.5. The highest BCUT2D eigenvalue weighted by atomic mass is 16.7. The predicted octanol–water partition coefficient (Wildman–Crippen LogP) is 4.23. The van der Waals surface area contributed by atoms with Crippen molar-refractivity contribution in [2.45, 2.75) is 33.3 Å². The number of methoxy groups -OCH3 is 1. The average molecular weight is 563 g/mol. The SMILES string of the molecule is COCOc1c(-c2nc(C(=O)O)c3cc(N4CCN(C(=O)OC(C)(C)C)CC4)ccc3n2)cc2cn(C)nc2c1C. The van der Waals surface area contributed by atoms with Crippen LogP contribution in [0.25, 0.3) is 33.2 Å². The number of piperazine rings is 1. The van der Waals surface area contributed by atoms with Crippen molar-refractivity contribution in [3.05, 3.63) is 41.7 Å². The molecule has 0 unspecified atom stereocenters. The van der Waals surface area contributed by atoms with Gasteiger partial charge in [-0.25, -0.2) is 19.6 Å².